The minimum absolute atomic E-state index is 0.0976. The Morgan fingerprint density at radius 2 is 1.76 bits per heavy atom. The Balaban J connectivity index is 1.96. The lowest BCUT2D eigenvalue weighted by atomic mass is 9.71. The van der Waals surface area contributed by atoms with Gasteiger partial charge in [0.15, 0.2) is 11.6 Å². The second-order valence-corrected chi connectivity index (χ2v) is 6.18. The van der Waals surface area contributed by atoms with Crippen molar-refractivity contribution in [3.63, 3.8) is 0 Å². The highest BCUT2D eigenvalue weighted by molar-refractivity contribution is 6.27. The van der Waals surface area contributed by atoms with Crippen LogP contribution in [0.2, 0.25) is 0 Å². The van der Waals surface area contributed by atoms with Crippen LogP contribution < -0.4 is 0 Å². The van der Waals surface area contributed by atoms with E-state index in [0.29, 0.717) is 17.0 Å². The largest absolute Gasteiger partial charge is 0.289 e. The van der Waals surface area contributed by atoms with Crippen LogP contribution >= 0.6 is 0 Å². The quantitative estimate of drug-likeness (QED) is 0.747. The Kier molecular flexibility index (Phi) is 4.05. The van der Waals surface area contributed by atoms with E-state index < -0.39 is 0 Å². The van der Waals surface area contributed by atoms with Gasteiger partial charge in [0.2, 0.25) is 0 Å². The number of allylic oxidation sites excluding steroid dienone is 2. The SMILES string of the molecule is CCCCCC1CCCC2=C1C(=O)c1ccccc1C2=O. The topological polar surface area (TPSA) is 34.1 Å². The molecule has 0 spiro atoms. The van der Waals surface area contributed by atoms with Crippen LogP contribution in [0.15, 0.2) is 35.4 Å². The summed E-state index contributed by atoms with van der Waals surface area (Å²) in [6.45, 7) is 2.19. The average molecular weight is 282 g/mol. The Bertz CT molecular complexity index is 610. The highest BCUT2D eigenvalue weighted by Crippen LogP contribution is 2.40. The summed E-state index contributed by atoms with van der Waals surface area (Å²) in [6.07, 6.45) is 7.47. The molecule has 0 bridgehead atoms. The molecule has 2 aliphatic carbocycles. The van der Waals surface area contributed by atoms with Gasteiger partial charge in [-0.1, -0.05) is 50.5 Å². The summed E-state index contributed by atoms with van der Waals surface area (Å²) in [5.74, 6) is 0.506. The third kappa shape index (κ3) is 2.48. The lowest BCUT2D eigenvalue weighted by Crippen LogP contribution is -2.29. The molecular weight excluding hydrogens is 260 g/mol. The van der Waals surface area contributed by atoms with E-state index in [0.717, 1.165) is 43.3 Å². The van der Waals surface area contributed by atoms with Gasteiger partial charge in [0.05, 0.1) is 0 Å². The van der Waals surface area contributed by atoms with Gasteiger partial charge in [-0.05, 0) is 31.6 Å². The molecule has 0 saturated heterocycles. The Labute approximate surface area is 126 Å². The molecule has 0 aromatic heterocycles. The first-order valence-corrected chi connectivity index (χ1v) is 8.15. The van der Waals surface area contributed by atoms with Crippen molar-refractivity contribution in [2.75, 3.05) is 0 Å². The zero-order valence-electron chi connectivity index (χ0n) is 12.7. The van der Waals surface area contributed by atoms with Crippen LogP contribution in [0.1, 0.15) is 72.6 Å². The first-order chi connectivity index (χ1) is 10.2. The molecule has 0 saturated carbocycles. The van der Waals surface area contributed by atoms with Gasteiger partial charge in [0.25, 0.3) is 0 Å². The Hall–Kier alpha value is -1.70. The molecule has 0 amide bonds. The molecule has 0 N–H and O–H groups in total. The molecule has 1 atom stereocenters. The highest BCUT2D eigenvalue weighted by Gasteiger charge is 2.37. The van der Waals surface area contributed by atoms with Crippen LogP contribution in [0.25, 0.3) is 0 Å². The maximum absolute atomic E-state index is 12.8. The van der Waals surface area contributed by atoms with E-state index in [1.807, 2.05) is 12.1 Å². The van der Waals surface area contributed by atoms with Crippen molar-refractivity contribution in [1.82, 2.24) is 0 Å². The molecule has 110 valence electrons. The zero-order valence-corrected chi connectivity index (χ0v) is 12.7. The number of ketones is 2. The number of Topliss-reactive ketones (excluding diaryl/α,β-unsaturated/α-hetero) is 2. The van der Waals surface area contributed by atoms with Gasteiger partial charge in [-0.3, -0.25) is 9.59 Å². The number of carbonyl (C=O) groups excluding carboxylic acids is 2. The maximum Gasteiger partial charge on any atom is 0.190 e. The van der Waals surface area contributed by atoms with Gasteiger partial charge in [0, 0.05) is 22.3 Å². The van der Waals surface area contributed by atoms with E-state index in [1.54, 1.807) is 12.1 Å². The predicted octanol–water partition coefficient (Wildman–Crippen LogP) is 4.74. The van der Waals surface area contributed by atoms with Crippen LogP contribution in [0, 0.1) is 5.92 Å². The number of unbranched alkanes of at least 4 members (excludes halogenated alkanes) is 2. The first kappa shape index (κ1) is 14.2. The van der Waals surface area contributed by atoms with Crippen LogP contribution in [0.5, 0.6) is 0 Å². The minimum atomic E-state index is 0.0976. The molecule has 0 aliphatic heterocycles. The molecule has 3 rings (SSSR count). The van der Waals surface area contributed by atoms with Gasteiger partial charge >= 0.3 is 0 Å². The molecule has 2 nitrogen and oxygen atoms in total. The molecular formula is C19H22O2. The van der Waals surface area contributed by atoms with E-state index in [4.69, 9.17) is 0 Å². The van der Waals surface area contributed by atoms with Crippen molar-refractivity contribution >= 4 is 11.6 Å². The number of carbonyl (C=O) groups is 2. The molecule has 1 aromatic rings. The summed E-state index contributed by atoms with van der Waals surface area (Å²) < 4.78 is 0. The van der Waals surface area contributed by atoms with Crippen LogP contribution in [0.4, 0.5) is 0 Å². The van der Waals surface area contributed by atoms with Crippen molar-refractivity contribution in [1.29, 1.82) is 0 Å². The fourth-order valence-electron chi connectivity index (χ4n) is 3.73. The third-order valence-electron chi connectivity index (χ3n) is 4.80. The smallest absolute Gasteiger partial charge is 0.190 e. The van der Waals surface area contributed by atoms with Crippen molar-refractivity contribution in [2.24, 2.45) is 5.92 Å². The molecule has 0 radical (unpaired) electrons. The van der Waals surface area contributed by atoms with Crippen LogP contribution in [-0.4, -0.2) is 11.6 Å². The fourth-order valence-corrected chi connectivity index (χ4v) is 3.73. The number of fused-ring (bicyclic) bond motifs is 1. The summed E-state index contributed by atoms with van der Waals surface area (Å²) >= 11 is 0. The molecule has 0 heterocycles. The number of benzene rings is 1. The maximum atomic E-state index is 12.8. The number of hydrogen-bond acceptors (Lipinski definition) is 2. The van der Waals surface area contributed by atoms with E-state index in [1.165, 1.54) is 12.8 Å². The van der Waals surface area contributed by atoms with Gasteiger partial charge in [-0.15, -0.1) is 0 Å². The second kappa shape index (κ2) is 5.97. The number of rotatable bonds is 4. The lowest BCUT2D eigenvalue weighted by Gasteiger charge is -2.31. The monoisotopic (exact) mass is 282 g/mol. The van der Waals surface area contributed by atoms with Gasteiger partial charge in [-0.25, -0.2) is 0 Å². The average Bonchev–Trinajstić information content (AvgIpc) is 2.53. The standard InChI is InChI=1S/C19H22O2/c1-2-3-4-8-13-9-7-12-16-17(13)19(21)15-11-6-5-10-14(15)18(16)20/h5-6,10-11,13H,2-4,7-9,12H2,1H3. The Morgan fingerprint density at radius 3 is 2.48 bits per heavy atom. The molecule has 21 heavy (non-hydrogen) atoms. The normalized spacial score (nSPS) is 21.3. The predicted molar refractivity (Wildman–Crippen MR) is 83.6 cm³/mol. The van der Waals surface area contributed by atoms with Crippen molar-refractivity contribution < 1.29 is 9.59 Å². The molecule has 1 unspecified atom stereocenters. The molecule has 2 heteroatoms. The summed E-state index contributed by atoms with van der Waals surface area (Å²) in [5.41, 5.74) is 2.88. The summed E-state index contributed by atoms with van der Waals surface area (Å²) in [7, 11) is 0. The van der Waals surface area contributed by atoms with Crippen molar-refractivity contribution in [2.45, 2.75) is 51.9 Å². The van der Waals surface area contributed by atoms with Gasteiger partial charge in [0.1, 0.15) is 0 Å². The highest BCUT2D eigenvalue weighted by atomic mass is 16.1. The van der Waals surface area contributed by atoms with E-state index in [-0.39, 0.29) is 11.6 Å². The third-order valence-corrected chi connectivity index (χ3v) is 4.80. The van der Waals surface area contributed by atoms with Crippen LogP contribution in [-0.2, 0) is 0 Å². The van der Waals surface area contributed by atoms with Gasteiger partial charge < -0.3 is 0 Å². The van der Waals surface area contributed by atoms with Gasteiger partial charge in [-0.2, -0.15) is 0 Å². The molecule has 0 fully saturated rings. The summed E-state index contributed by atoms with van der Waals surface area (Å²) in [6, 6.07) is 7.29. The van der Waals surface area contributed by atoms with E-state index in [9.17, 15) is 9.59 Å². The second-order valence-electron chi connectivity index (χ2n) is 6.18. The molecule has 2 aliphatic rings. The summed E-state index contributed by atoms with van der Waals surface area (Å²) in [5, 5.41) is 0. The van der Waals surface area contributed by atoms with E-state index in [2.05, 4.69) is 6.92 Å². The zero-order chi connectivity index (χ0) is 14.8. The fraction of sp³-hybridized carbons (Fsp3) is 0.474. The van der Waals surface area contributed by atoms with Crippen LogP contribution in [0.3, 0.4) is 0 Å². The van der Waals surface area contributed by atoms with Crippen molar-refractivity contribution in [3.8, 4) is 0 Å². The van der Waals surface area contributed by atoms with E-state index >= 15 is 0 Å². The number of hydrogen-bond donors (Lipinski definition) is 0. The Morgan fingerprint density at radius 1 is 1.05 bits per heavy atom. The first-order valence-electron chi connectivity index (χ1n) is 8.15. The lowest BCUT2D eigenvalue weighted by molar-refractivity contribution is 0.0953. The molecule has 1 aromatic carbocycles. The summed E-state index contributed by atoms with van der Waals surface area (Å²) in [4.78, 5) is 25.5. The van der Waals surface area contributed by atoms with Crippen molar-refractivity contribution in [3.05, 3.63) is 46.5 Å². The minimum Gasteiger partial charge on any atom is -0.289 e.